The molecule has 4 N–H and O–H groups in total. The number of nitrogens with zero attached hydrogens (tertiary/aromatic N) is 2. The first-order valence-corrected chi connectivity index (χ1v) is 19.0. The first kappa shape index (κ1) is 44.0. The minimum Gasteiger partial charge on any atom is -0.346 e. The van der Waals surface area contributed by atoms with Crippen LogP contribution in [0.25, 0.3) is 0 Å². The molecule has 292 valence electrons. The summed E-state index contributed by atoms with van der Waals surface area (Å²) >= 11 is 0. The van der Waals surface area contributed by atoms with Gasteiger partial charge in [0.05, 0.1) is 11.8 Å². The topological polar surface area (TPSA) is 174 Å². The Morgan fingerprint density at radius 3 is 2.04 bits per heavy atom. The molecule has 51 heavy (non-hydrogen) atoms. The molecule has 0 aliphatic carbocycles. The van der Waals surface area contributed by atoms with E-state index in [-0.39, 0.29) is 37.2 Å². The molecule has 0 aromatic carbocycles. The van der Waals surface area contributed by atoms with Crippen LogP contribution < -0.4 is 21.3 Å². The van der Waals surface area contributed by atoms with E-state index in [1.165, 1.54) is 15.3 Å². The standard InChI is InChI=1S/C34H57F3N6O7S/c1-11-15-38-29(46)26(44)22(13-14-34(35,36)37)39-28(45)25-24(20(2)3)21(4)18-43(25)30(47)27(33(8,9)10)41-31(48)40-23(32(5,6)7)19-42-16-12-17-51(42,49)50/h11,20-25,27H,1,12-19H2,2-10H3,(H,38,46)(H,39,45)(H2,40,41,48)/t21-,22?,23+,24-,25-,27+/m0/s1. The minimum atomic E-state index is -4.67. The lowest BCUT2D eigenvalue weighted by Gasteiger charge is -2.38. The number of alkyl halides is 3. The molecule has 0 aromatic rings. The maximum absolute atomic E-state index is 14.4. The van der Waals surface area contributed by atoms with Gasteiger partial charge in [-0.05, 0) is 41.4 Å². The predicted octanol–water partition coefficient (Wildman–Crippen LogP) is 2.97. The van der Waals surface area contributed by atoms with Crippen LogP contribution in [0.1, 0.15) is 81.6 Å². The number of likely N-dealkylation sites (tertiary alicyclic amines) is 1. The number of amides is 5. The fourth-order valence-corrected chi connectivity index (χ4v) is 8.19. The number of sulfonamides is 1. The second-order valence-corrected chi connectivity index (χ2v) is 18.3. The van der Waals surface area contributed by atoms with Gasteiger partial charge in [0.1, 0.15) is 12.1 Å². The highest BCUT2D eigenvalue weighted by Crippen LogP contribution is 2.37. The van der Waals surface area contributed by atoms with Gasteiger partial charge in [-0.1, -0.05) is 68.4 Å². The number of hydrogen-bond donors (Lipinski definition) is 4. The summed E-state index contributed by atoms with van der Waals surface area (Å²) in [6.07, 6.45) is -5.25. The molecule has 2 fully saturated rings. The SMILES string of the molecule is C=CCNC(=O)C(=O)C(CCC(F)(F)F)NC(=O)[C@@H]1[C@@H](C(C)C)[C@@H](C)CN1C(=O)[C@@H](NC(=O)N[C@H](CN1CCCS1(=O)=O)C(C)(C)C)C(C)(C)C. The molecule has 5 amide bonds. The van der Waals surface area contributed by atoms with Gasteiger partial charge in [-0.2, -0.15) is 17.5 Å². The van der Waals surface area contributed by atoms with Gasteiger partial charge >= 0.3 is 12.2 Å². The minimum absolute atomic E-state index is 0.0246. The molecule has 0 saturated carbocycles. The average molecular weight is 751 g/mol. The van der Waals surface area contributed by atoms with Gasteiger partial charge in [0.2, 0.25) is 27.6 Å². The number of hydrogen-bond acceptors (Lipinski definition) is 7. The van der Waals surface area contributed by atoms with Crippen LogP contribution in [0.4, 0.5) is 18.0 Å². The molecular weight excluding hydrogens is 693 g/mol. The van der Waals surface area contributed by atoms with Crippen molar-refractivity contribution >= 4 is 39.6 Å². The van der Waals surface area contributed by atoms with Crippen molar-refractivity contribution in [1.29, 1.82) is 0 Å². The van der Waals surface area contributed by atoms with Gasteiger partial charge in [-0.25, -0.2) is 13.2 Å². The molecule has 0 bridgehead atoms. The quantitative estimate of drug-likeness (QED) is 0.156. The van der Waals surface area contributed by atoms with Gasteiger partial charge in [0.15, 0.2) is 0 Å². The van der Waals surface area contributed by atoms with Crippen LogP contribution in [0, 0.1) is 28.6 Å². The van der Waals surface area contributed by atoms with Gasteiger partial charge in [-0.3, -0.25) is 19.2 Å². The third-order valence-electron chi connectivity index (χ3n) is 9.47. The fourth-order valence-electron chi connectivity index (χ4n) is 6.66. The van der Waals surface area contributed by atoms with Crippen LogP contribution in [0.2, 0.25) is 0 Å². The second kappa shape index (κ2) is 17.1. The number of ketones is 1. The van der Waals surface area contributed by atoms with Crippen molar-refractivity contribution in [3.05, 3.63) is 12.7 Å². The third kappa shape index (κ3) is 12.2. The van der Waals surface area contributed by atoms with Crippen LogP contribution in [0.3, 0.4) is 0 Å². The molecule has 17 heteroatoms. The van der Waals surface area contributed by atoms with E-state index in [1.54, 1.807) is 20.8 Å². The highest BCUT2D eigenvalue weighted by molar-refractivity contribution is 7.89. The molecular formula is C34H57F3N6O7S. The molecule has 13 nitrogen and oxygen atoms in total. The van der Waals surface area contributed by atoms with Crippen molar-refractivity contribution in [1.82, 2.24) is 30.5 Å². The van der Waals surface area contributed by atoms with E-state index in [0.717, 1.165) is 0 Å². The Hall–Kier alpha value is -3.21. The Morgan fingerprint density at radius 2 is 1.57 bits per heavy atom. The van der Waals surface area contributed by atoms with Crippen molar-refractivity contribution in [2.24, 2.45) is 28.6 Å². The summed E-state index contributed by atoms with van der Waals surface area (Å²) in [5, 5.41) is 10.2. The number of urea groups is 1. The number of carbonyl (C=O) groups is 5. The molecule has 0 aromatic heterocycles. The first-order chi connectivity index (χ1) is 23.2. The van der Waals surface area contributed by atoms with Crippen LogP contribution in [-0.4, -0.2) is 109 Å². The number of carbonyl (C=O) groups excluding carboxylic acids is 5. The fraction of sp³-hybridized carbons (Fsp3) is 0.794. The Kier molecular flexibility index (Phi) is 14.7. The Morgan fingerprint density at radius 1 is 0.961 bits per heavy atom. The van der Waals surface area contributed by atoms with E-state index >= 15 is 0 Å². The van der Waals surface area contributed by atoms with Crippen molar-refractivity contribution in [2.45, 2.75) is 112 Å². The van der Waals surface area contributed by atoms with Gasteiger partial charge < -0.3 is 26.2 Å². The van der Waals surface area contributed by atoms with Gasteiger partial charge in [0.25, 0.3) is 5.91 Å². The maximum atomic E-state index is 14.4. The Balaban J connectivity index is 2.42. The highest BCUT2D eigenvalue weighted by Gasteiger charge is 2.51. The number of rotatable bonds is 14. The lowest BCUT2D eigenvalue weighted by Crippen LogP contribution is -2.62. The summed E-state index contributed by atoms with van der Waals surface area (Å²) < 4.78 is 66.1. The highest BCUT2D eigenvalue weighted by atomic mass is 32.2. The van der Waals surface area contributed by atoms with Crippen LogP contribution in [-0.2, 0) is 29.2 Å². The Bertz CT molecular complexity index is 1410. The Labute approximate surface area is 300 Å². The van der Waals surface area contributed by atoms with E-state index in [0.29, 0.717) is 13.0 Å². The number of nitrogens with one attached hydrogen (secondary N) is 4. The molecule has 2 rings (SSSR count). The van der Waals surface area contributed by atoms with Crippen LogP contribution in [0.15, 0.2) is 12.7 Å². The molecule has 1 unspecified atom stereocenters. The summed E-state index contributed by atoms with van der Waals surface area (Å²) in [4.78, 5) is 68.7. The van der Waals surface area contributed by atoms with Crippen molar-refractivity contribution in [3.63, 3.8) is 0 Å². The maximum Gasteiger partial charge on any atom is 0.389 e. The second-order valence-electron chi connectivity index (χ2n) is 16.2. The lowest BCUT2D eigenvalue weighted by molar-refractivity contribution is -0.147. The summed E-state index contributed by atoms with van der Waals surface area (Å²) in [7, 11) is -3.46. The molecule has 0 spiro atoms. The molecule has 2 saturated heterocycles. The summed E-state index contributed by atoms with van der Waals surface area (Å²) in [6.45, 7) is 20.0. The van der Waals surface area contributed by atoms with Crippen molar-refractivity contribution < 1.29 is 45.6 Å². The van der Waals surface area contributed by atoms with Crippen molar-refractivity contribution in [2.75, 3.05) is 31.9 Å². The zero-order valence-corrected chi connectivity index (χ0v) is 32.1. The molecule has 2 aliphatic heterocycles. The average Bonchev–Trinajstić information content (AvgIpc) is 3.51. The van der Waals surface area contributed by atoms with Crippen LogP contribution in [0.5, 0.6) is 0 Å². The predicted molar refractivity (Wildman–Crippen MR) is 187 cm³/mol. The third-order valence-corrected chi connectivity index (χ3v) is 11.4. The van der Waals surface area contributed by atoms with E-state index in [2.05, 4.69) is 27.8 Å². The lowest BCUT2D eigenvalue weighted by atomic mass is 9.81. The zero-order chi connectivity index (χ0) is 39.3. The molecule has 2 aliphatic rings. The van der Waals surface area contributed by atoms with E-state index in [1.807, 2.05) is 41.5 Å². The molecule has 6 atom stereocenters. The van der Waals surface area contributed by atoms with Gasteiger partial charge in [0, 0.05) is 38.6 Å². The first-order valence-electron chi connectivity index (χ1n) is 17.4. The zero-order valence-electron chi connectivity index (χ0n) is 31.3. The molecule has 0 radical (unpaired) electrons. The number of Topliss-reactive ketones (excluding diaryl/α,β-unsaturated/α-hetero) is 1. The van der Waals surface area contributed by atoms with Gasteiger partial charge in [-0.15, -0.1) is 6.58 Å². The summed E-state index contributed by atoms with van der Waals surface area (Å²) in [6, 6.07) is -5.61. The molecule has 2 heterocycles. The van der Waals surface area contributed by atoms with E-state index < -0.39 is 99.5 Å². The summed E-state index contributed by atoms with van der Waals surface area (Å²) in [5.74, 6) is -4.86. The monoisotopic (exact) mass is 750 g/mol. The smallest absolute Gasteiger partial charge is 0.346 e. The number of halogens is 3. The largest absolute Gasteiger partial charge is 0.389 e. The van der Waals surface area contributed by atoms with E-state index in [9.17, 15) is 45.6 Å². The van der Waals surface area contributed by atoms with Crippen LogP contribution >= 0.6 is 0 Å². The normalized spacial score (nSPS) is 22.9. The summed E-state index contributed by atoms with van der Waals surface area (Å²) in [5.41, 5.74) is -1.48. The van der Waals surface area contributed by atoms with Crippen molar-refractivity contribution in [3.8, 4) is 0 Å². The van der Waals surface area contributed by atoms with E-state index in [4.69, 9.17) is 0 Å².